The lowest BCUT2D eigenvalue weighted by atomic mass is 10.1. The summed E-state index contributed by atoms with van der Waals surface area (Å²) >= 11 is 0.640. The molecule has 4 aromatic rings. The highest BCUT2D eigenvalue weighted by Crippen LogP contribution is 2.47. The number of aryl methyl sites for hydroxylation is 1. The van der Waals surface area contributed by atoms with Crippen LogP contribution < -0.4 is 5.32 Å². The van der Waals surface area contributed by atoms with Crippen LogP contribution in [0, 0.1) is 0 Å². The number of anilines is 1. The largest absolute Gasteiger partial charge is 0.505 e. The van der Waals surface area contributed by atoms with E-state index >= 15 is 0 Å². The van der Waals surface area contributed by atoms with Crippen LogP contribution in [0.2, 0.25) is 0 Å². The fourth-order valence-electron chi connectivity index (χ4n) is 4.21. The summed E-state index contributed by atoms with van der Waals surface area (Å²) in [6.45, 7) is 0.109. The van der Waals surface area contributed by atoms with E-state index in [2.05, 4.69) is 34.3 Å². The van der Waals surface area contributed by atoms with Crippen molar-refractivity contribution >= 4 is 78.3 Å². The fraction of sp³-hybridized carbons (Fsp3) is 0.115. The van der Waals surface area contributed by atoms with E-state index in [1.54, 1.807) is 18.2 Å². The van der Waals surface area contributed by atoms with Gasteiger partial charge in [-0.15, -0.1) is 18.9 Å². The van der Waals surface area contributed by atoms with Gasteiger partial charge in [0.2, 0.25) is 0 Å². The van der Waals surface area contributed by atoms with Crippen LogP contribution in [0.3, 0.4) is 0 Å². The van der Waals surface area contributed by atoms with Crippen LogP contribution >= 0.6 is 24.4 Å². The maximum absolute atomic E-state index is 13.0. The van der Waals surface area contributed by atoms with Gasteiger partial charge in [-0.05, 0) is 66.3 Å². The number of benzene rings is 4. The van der Waals surface area contributed by atoms with Gasteiger partial charge in [-0.3, -0.25) is 18.1 Å². The lowest BCUT2D eigenvalue weighted by molar-refractivity contribution is -0.434. The van der Waals surface area contributed by atoms with Crippen molar-refractivity contribution in [3.05, 3.63) is 77.9 Å². The number of carbonyl (C=O) groups excluding carboxylic acids is 1. The highest BCUT2D eigenvalue weighted by molar-refractivity contribution is 7.94. The molecule has 0 heterocycles. The summed E-state index contributed by atoms with van der Waals surface area (Å²) in [4.78, 5) is 11.5. The summed E-state index contributed by atoms with van der Waals surface area (Å²) < 4.78 is 81.8. The smallest absolute Gasteiger partial charge is 0.296 e. The summed E-state index contributed by atoms with van der Waals surface area (Å²) in [6.07, 6.45) is 0.628. The molecule has 0 aromatic heterocycles. The number of nitrogens with one attached hydrogen (secondary N) is 1. The van der Waals surface area contributed by atoms with Crippen molar-refractivity contribution in [3.63, 3.8) is 0 Å². The number of fused-ring (bicyclic) bond motifs is 1. The molecule has 0 atom stereocenters. The zero-order chi connectivity index (χ0) is 34.9. The molecule has 0 spiro atoms. The first-order valence-corrected chi connectivity index (χ1v) is 17.2. The van der Waals surface area contributed by atoms with Crippen LogP contribution in [0.15, 0.2) is 91.6 Å². The Kier molecular flexibility index (Phi) is 12.8. The van der Waals surface area contributed by atoms with Crippen molar-refractivity contribution in [2.24, 2.45) is 10.2 Å². The molecular formula is C26H23N3O15S4. The Morgan fingerprint density at radius 2 is 1.60 bits per heavy atom. The van der Waals surface area contributed by atoms with Crippen LogP contribution in [0.5, 0.6) is 5.75 Å². The molecule has 0 radical (unpaired) electrons. The third kappa shape index (κ3) is 9.66. The van der Waals surface area contributed by atoms with Crippen LogP contribution in [0.25, 0.3) is 10.8 Å². The maximum Gasteiger partial charge on any atom is 0.296 e. The molecule has 4 aromatic carbocycles. The Morgan fingerprint density at radius 1 is 0.875 bits per heavy atom. The zero-order valence-corrected chi connectivity index (χ0v) is 27.1. The summed E-state index contributed by atoms with van der Waals surface area (Å²) in [5.74, 6) is -1.44. The summed E-state index contributed by atoms with van der Waals surface area (Å²) in [5.41, 5.74) is -0.467. The number of rotatable bonds is 16. The molecular weight excluding hydrogens is 723 g/mol. The minimum Gasteiger partial charge on any atom is -0.505 e. The summed E-state index contributed by atoms with van der Waals surface area (Å²) in [5, 5.41) is 45.3. The predicted molar refractivity (Wildman–Crippen MR) is 168 cm³/mol. The SMILES string of the molecule is O=C(Nc1cc(S(=O)(=O)O)cc2cc(SOOO)c(N=Nc3ccc(CCCOSOOO)cc3S(=O)(=O)O)c(O)c12)c1ccccc1. The molecule has 48 heavy (non-hydrogen) atoms. The maximum atomic E-state index is 13.0. The number of azo groups is 1. The van der Waals surface area contributed by atoms with Gasteiger partial charge in [-0.2, -0.15) is 16.8 Å². The van der Waals surface area contributed by atoms with E-state index in [9.17, 15) is 35.8 Å². The predicted octanol–water partition coefficient (Wildman–Crippen LogP) is 6.07. The number of nitrogens with zero attached hydrogens (tertiary/aromatic N) is 2. The van der Waals surface area contributed by atoms with Gasteiger partial charge >= 0.3 is 0 Å². The fourth-order valence-corrected chi connectivity index (χ4v) is 6.17. The van der Waals surface area contributed by atoms with E-state index in [4.69, 9.17) is 14.7 Å². The Hall–Kier alpha value is -3.75. The second-order valence-corrected chi connectivity index (χ2v) is 13.3. The molecule has 0 aliphatic rings. The van der Waals surface area contributed by atoms with Gasteiger partial charge in [0.25, 0.3) is 26.1 Å². The Balaban J connectivity index is 1.81. The Bertz CT molecular complexity index is 2030. The number of hydrogen-bond acceptors (Lipinski definition) is 17. The lowest BCUT2D eigenvalue weighted by Gasteiger charge is -2.15. The molecule has 256 valence electrons. The van der Waals surface area contributed by atoms with Gasteiger partial charge in [0.1, 0.15) is 16.3 Å². The highest BCUT2D eigenvalue weighted by atomic mass is 32.2. The van der Waals surface area contributed by atoms with Crippen LogP contribution in [0.4, 0.5) is 17.1 Å². The van der Waals surface area contributed by atoms with Crippen LogP contribution in [-0.4, -0.2) is 54.1 Å². The molecule has 0 aliphatic heterocycles. The van der Waals surface area contributed by atoms with Gasteiger partial charge in [-0.1, -0.05) is 34.3 Å². The lowest BCUT2D eigenvalue weighted by Crippen LogP contribution is -2.13. The number of amides is 1. The average molecular weight is 746 g/mol. The monoisotopic (exact) mass is 745 g/mol. The van der Waals surface area contributed by atoms with Crippen LogP contribution in [-0.2, 0) is 49.6 Å². The summed E-state index contributed by atoms with van der Waals surface area (Å²) in [6, 6.07) is 14.7. The number of aromatic hydroxyl groups is 1. The molecule has 22 heteroatoms. The van der Waals surface area contributed by atoms with Gasteiger partial charge < -0.3 is 10.4 Å². The number of hydrogen-bond donors (Lipinski definition) is 6. The third-order valence-electron chi connectivity index (χ3n) is 6.22. The molecule has 0 bridgehead atoms. The molecule has 1 amide bonds. The van der Waals surface area contributed by atoms with E-state index < -0.39 is 47.4 Å². The summed E-state index contributed by atoms with van der Waals surface area (Å²) in [7, 11) is -9.70. The second kappa shape index (κ2) is 16.6. The van der Waals surface area contributed by atoms with E-state index in [0.29, 0.717) is 24.3 Å². The Labute approximate surface area is 280 Å². The van der Waals surface area contributed by atoms with E-state index in [0.717, 1.165) is 18.2 Å². The second-order valence-electron chi connectivity index (χ2n) is 9.28. The van der Waals surface area contributed by atoms with Gasteiger partial charge in [0.05, 0.1) is 34.1 Å². The van der Waals surface area contributed by atoms with Gasteiger partial charge in [-0.25, -0.2) is 10.5 Å². The van der Waals surface area contributed by atoms with Crippen molar-refractivity contribution < 1.29 is 69.3 Å². The molecule has 6 N–H and O–H groups in total. The highest BCUT2D eigenvalue weighted by Gasteiger charge is 2.23. The molecule has 0 unspecified atom stereocenters. The number of phenols is 1. The standard InChI is InChI=1S/C26H23N3O15S4/c30-25-23-17(12-18(47(34,35)36)14-20(23)27-26(31)16-6-2-1-3-7-16)13-21(45-43-41-32)24(25)29-28-19-9-8-15(11-22(19)48(37,38)39)5-4-10-40-46-44-42-33/h1-3,6-9,11-14,30,32-33H,4-5,10H2,(H,27,31)(H,34,35,36)(H,37,38,39). The van der Waals surface area contributed by atoms with Crippen molar-refractivity contribution in [2.75, 3.05) is 11.9 Å². The van der Waals surface area contributed by atoms with E-state index in [-0.39, 0.29) is 57.7 Å². The first-order chi connectivity index (χ1) is 22.8. The topological polar surface area (TPSA) is 269 Å². The molecule has 0 saturated carbocycles. The van der Waals surface area contributed by atoms with Crippen LogP contribution in [0.1, 0.15) is 22.3 Å². The van der Waals surface area contributed by atoms with Gasteiger partial charge in [0, 0.05) is 10.9 Å². The number of carbonyl (C=O) groups is 1. The van der Waals surface area contributed by atoms with E-state index in [1.807, 2.05) is 0 Å². The normalized spacial score (nSPS) is 12.2. The molecule has 0 saturated heterocycles. The van der Waals surface area contributed by atoms with Crippen molar-refractivity contribution in [2.45, 2.75) is 27.5 Å². The minimum absolute atomic E-state index is 0.0743. The quantitative estimate of drug-likeness (QED) is 0.0190. The van der Waals surface area contributed by atoms with Crippen molar-refractivity contribution in [1.29, 1.82) is 0 Å². The third-order valence-corrected chi connectivity index (χ3v) is 8.93. The number of phenolic OH excluding ortho intramolecular Hbond substituents is 1. The van der Waals surface area contributed by atoms with Crippen molar-refractivity contribution in [3.8, 4) is 5.75 Å². The zero-order valence-electron chi connectivity index (χ0n) is 23.8. The molecule has 4 rings (SSSR count). The molecule has 0 aliphatic carbocycles. The minimum atomic E-state index is -4.86. The average Bonchev–Trinajstić information content (AvgIpc) is 3.04. The molecule has 0 fully saturated rings. The van der Waals surface area contributed by atoms with Crippen molar-refractivity contribution in [1.82, 2.24) is 0 Å². The first kappa shape index (κ1) is 37.1. The first-order valence-electron chi connectivity index (χ1n) is 12.9. The Morgan fingerprint density at radius 3 is 2.27 bits per heavy atom. The molecule has 18 nitrogen and oxygen atoms in total. The van der Waals surface area contributed by atoms with Gasteiger partial charge in [0.15, 0.2) is 18.1 Å². The van der Waals surface area contributed by atoms with E-state index in [1.165, 1.54) is 30.3 Å².